The van der Waals surface area contributed by atoms with Crippen LogP contribution in [0.25, 0.3) is 0 Å². The molecule has 0 fully saturated rings. The molecular formula is C30H33Cl2N3O6S. The fourth-order valence-electron chi connectivity index (χ4n) is 4.39. The van der Waals surface area contributed by atoms with Crippen molar-refractivity contribution < 1.29 is 27.5 Å². The molecule has 3 aromatic carbocycles. The van der Waals surface area contributed by atoms with Gasteiger partial charge in [0.15, 0.2) is 11.5 Å². The zero-order valence-electron chi connectivity index (χ0n) is 23.4. The van der Waals surface area contributed by atoms with Gasteiger partial charge >= 0.3 is 0 Å². The number of carbonyl (C=O) groups is 2. The van der Waals surface area contributed by atoms with Crippen LogP contribution in [0.4, 0.5) is 5.69 Å². The summed E-state index contributed by atoms with van der Waals surface area (Å²) in [7, 11) is -4.21. The molecule has 0 radical (unpaired) electrons. The fraction of sp³-hybridized carbons (Fsp3) is 0.333. The maximum Gasteiger partial charge on any atom is 0.264 e. The Morgan fingerprint density at radius 2 is 1.67 bits per heavy atom. The summed E-state index contributed by atoms with van der Waals surface area (Å²) in [6.07, 6.45) is 1.68. The molecule has 1 heterocycles. The third kappa shape index (κ3) is 7.48. The lowest BCUT2D eigenvalue weighted by molar-refractivity contribution is -0.139. The molecule has 0 unspecified atom stereocenters. The highest BCUT2D eigenvalue weighted by Crippen LogP contribution is 2.36. The van der Waals surface area contributed by atoms with E-state index in [1.807, 2.05) is 6.92 Å². The van der Waals surface area contributed by atoms with Crippen LogP contribution in [0.5, 0.6) is 11.5 Å². The van der Waals surface area contributed by atoms with E-state index in [1.54, 1.807) is 55.5 Å². The van der Waals surface area contributed by atoms with E-state index in [0.29, 0.717) is 46.9 Å². The normalized spacial score (nSPS) is 13.2. The van der Waals surface area contributed by atoms with Gasteiger partial charge in [-0.2, -0.15) is 0 Å². The molecule has 0 saturated heterocycles. The van der Waals surface area contributed by atoms with Crippen molar-refractivity contribution in [1.29, 1.82) is 0 Å². The first-order valence-corrected chi connectivity index (χ1v) is 15.8. The quantitative estimate of drug-likeness (QED) is 0.272. The van der Waals surface area contributed by atoms with Gasteiger partial charge in [0.25, 0.3) is 10.0 Å². The highest BCUT2D eigenvalue weighted by atomic mass is 35.5. The van der Waals surface area contributed by atoms with Gasteiger partial charge in [-0.15, -0.1) is 0 Å². The fourth-order valence-corrected chi connectivity index (χ4v) is 6.14. The molecule has 0 aliphatic carbocycles. The molecule has 1 atom stereocenters. The third-order valence-electron chi connectivity index (χ3n) is 6.76. The number of rotatable bonds is 12. The minimum Gasteiger partial charge on any atom is -0.486 e. The van der Waals surface area contributed by atoms with Crippen LogP contribution in [0.15, 0.2) is 71.6 Å². The Kier molecular flexibility index (Phi) is 10.6. The number of nitrogens with zero attached hydrogens (tertiary/aromatic N) is 2. The summed E-state index contributed by atoms with van der Waals surface area (Å²) in [6.45, 7) is 4.18. The number of unbranched alkanes of at least 4 members (excludes halogenated alkanes) is 1. The number of sulfonamides is 1. The van der Waals surface area contributed by atoms with Gasteiger partial charge in [-0.25, -0.2) is 8.42 Å². The predicted octanol–water partition coefficient (Wildman–Crippen LogP) is 5.29. The summed E-state index contributed by atoms with van der Waals surface area (Å²) >= 11 is 12.3. The van der Waals surface area contributed by atoms with Gasteiger partial charge in [-0.05, 0) is 55.3 Å². The average molecular weight is 635 g/mol. The minimum atomic E-state index is -4.21. The van der Waals surface area contributed by atoms with E-state index in [9.17, 15) is 18.0 Å². The van der Waals surface area contributed by atoms with Crippen molar-refractivity contribution in [1.82, 2.24) is 10.2 Å². The first kappa shape index (κ1) is 31.5. The Morgan fingerprint density at radius 1 is 0.952 bits per heavy atom. The molecule has 224 valence electrons. The molecule has 1 N–H and O–H groups in total. The van der Waals surface area contributed by atoms with Gasteiger partial charge in [0, 0.05) is 19.2 Å². The number of amides is 2. The van der Waals surface area contributed by atoms with Crippen LogP contribution in [-0.2, 0) is 26.2 Å². The molecule has 0 aromatic heterocycles. The standard InChI is InChI=1S/C30H33Cl2N3O6S/c1-3-4-14-33-30(37)21(2)34(19-22-10-12-25(31)26(32)17-22)29(36)20-35(42(38,39)24-8-6-5-7-9-24)23-11-13-27-28(18-23)41-16-15-40-27/h5-13,17-18,21H,3-4,14-16,19-20H2,1-2H3,(H,33,37)/t21-/m0/s1. The lowest BCUT2D eigenvalue weighted by Gasteiger charge is -2.32. The summed E-state index contributed by atoms with van der Waals surface area (Å²) in [5.41, 5.74) is 0.841. The second-order valence-electron chi connectivity index (χ2n) is 9.74. The number of hydrogen-bond donors (Lipinski definition) is 1. The monoisotopic (exact) mass is 633 g/mol. The summed E-state index contributed by atoms with van der Waals surface area (Å²) in [5, 5.41) is 3.50. The van der Waals surface area contributed by atoms with Gasteiger partial charge in [0.1, 0.15) is 25.8 Å². The van der Waals surface area contributed by atoms with Crippen LogP contribution in [0, 0.1) is 0 Å². The van der Waals surface area contributed by atoms with Crippen LogP contribution in [-0.4, -0.2) is 57.5 Å². The molecule has 0 saturated carbocycles. The highest BCUT2D eigenvalue weighted by molar-refractivity contribution is 7.92. The van der Waals surface area contributed by atoms with Crippen LogP contribution >= 0.6 is 23.2 Å². The van der Waals surface area contributed by atoms with Gasteiger partial charge in [-0.1, -0.05) is 60.8 Å². The van der Waals surface area contributed by atoms with Crippen molar-refractivity contribution >= 4 is 50.7 Å². The molecule has 9 nitrogen and oxygen atoms in total. The van der Waals surface area contributed by atoms with Crippen molar-refractivity contribution in [2.45, 2.75) is 44.2 Å². The zero-order valence-corrected chi connectivity index (χ0v) is 25.7. The number of hydrogen-bond acceptors (Lipinski definition) is 6. The number of halogens is 2. The smallest absolute Gasteiger partial charge is 0.264 e. The topological polar surface area (TPSA) is 105 Å². The van der Waals surface area contributed by atoms with E-state index in [2.05, 4.69) is 5.32 Å². The summed E-state index contributed by atoms with van der Waals surface area (Å²) in [6, 6.07) is 16.6. The SMILES string of the molecule is CCCCNC(=O)[C@H](C)N(Cc1ccc(Cl)c(Cl)c1)C(=O)CN(c1ccc2c(c1)OCCO2)S(=O)(=O)c1ccccc1. The Bertz CT molecular complexity index is 1520. The lowest BCUT2D eigenvalue weighted by Crippen LogP contribution is -2.51. The Labute approximate surface area is 256 Å². The average Bonchev–Trinajstić information content (AvgIpc) is 3.00. The molecule has 1 aliphatic heterocycles. The predicted molar refractivity (Wildman–Crippen MR) is 163 cm³/mol. The molecular weight excluding hydrogens is 601 g/mol. The van der Waals surface area contributed by atoms with Crippen molar-refractivity contribution in [3.63, 3.8) is 0 Å². The van der Waals surface area contributed by atoms with Crippen LogP contribution in [0.1, 0.15) is 32.3 Å². The molecule has 1 aliphatic rings. The Hall–Kier alpha value is -3.47. The Morgan fingerprint density at radius 3 is 2.36 bits per heavy atom. The lowest BCUT2D eigenvalue weighted by atomic mass is 10.1. The molecule has 0 spiro atoms. The van der Waals surface area contributed by atoms with Crippen LogP contribution in [0.3, 0.4) is 0 Å². The first-order chi connectivity index (χ1) is 20.1. The summed E-state index contributed by atoms with van der Waals surface area (Å²) < 4.78 is 40.2. The molecule has 4 rings (SSSR count). The number of anilines is 1. The number of benzene rings is 3. The number of nitrogens with one attached hydrogen (secondary N) is 1. The molecule has 42 heavy (non-hydrogen) atoms. The molecule has 2 amide bonds. The zero-order chi connectivity index (χ0) is 30.3. The summed E-state index contributed by atoms with van der Waals surface area (Å²) in [4.78, 5) is 28.5. The van der Waals surface area contributed by atoms with Gasteiger partial charge in [-0.3, -0.25) is 13.9 Å². The van der Waals surface area contributed by atoms with Crippen molar-refractivity contribution in [3.8, 4) is 11.5 Å². The van der Waals surface area contributed by atoms with Gasteiger partial charge < -0.3 is 19.7 Å². The van der Waals surface area contributed by atoms with E-state index in [1.165, 1.54) is 23.1 Å². The first-order valence-electron chi connectivity index (χ1n) is 13.6. The maximum atomic E-state index is 14.1. The van der Waals surface area contributed by atoms with Crippen molar-refractivity contribution in [2.75, 3.05) is 30.6 Å². The van der Waals surface area contributed by atoms with Gasteiger partial charge in [0.05, 0.1) is 20.6 Å². The van der Waals surface area contributed by atoms with E-state index < -0.39 is 28.5 Å². The van der Waals surface area contributed by atoms with Gasteiger partial charge in [0.2, 0.25) is 11.8 Å². The van der Waals surface area contributed by atoms with E-state index >= 15 is 0 Å². The second kappa shape index (κ2) is 14.1. The molecule has 3 aromatic rings. The third-order valence-corrected chi connectivity index (χ3v) is 9.28. The van der Waals surface area contributed by atoms with Crippen molar-refractivity contribution in [3.05, 3.63) is 82.3 Å². The maximum absolute atomic E-state index is 14.1. The minimum absolute atomic E-state index is 0.00154. The van der Waals surface area contributed by atoms with E-state index in [0.717, 1.165) is 17.1 Å². The second-order valence-corrected chi connectivity index (χ2v) is 12.4. The van der Waals surface area contributed by atoms with Crippen molar-refractivity contribution in [2.24, 2.45) is 0 Å². The van der Waals surface area contributed by atoms with E-state index in [-0.39, 0.29) is 23.0 Å². The van der Waals surface area contributed by atoms with Crippen LogP contribution in [0.2, 0.25) is 10.0 Å². The Balaban J connectivity index is 1.71. The largest absolute Gasteiger partial charge is 0.486 e. The molecule has 0 bridgehead atoms. The number of fused-ring (bicyclic) bond motifs is 1. The number of carbonyl (C=O) groups excluding carboxylic acids is 2. The highest BCUT2D eigenvalue weighted by Gasteiger charge is 2.33. The van der Waals surface area contributed by atoms with Crippen LogP contribution < -0.4 is 19.1 Å². The summed E-state index contributed by atoms with van der Waals surface area (Å²) in [5.74, 6) is -0.0925. The molecule has 12 heteroatoms. The van der Waals surface area contributed by atoms with E-state index in [4.69, 9.17) is 32.7 Å². The number of ether oxygens (including phenoxy) is 2.